The van der Waals surface area contributed by atoms with E-state index in [0.717, 1.165) is 36.2 Å². The zero-order valence-electron chi connectivity index (χ0n) is 16.2. The second kappa shape index (κ2) is 10.5. The Morgan fingerprint density at radius 1 is 1.00 bits per heavy atom. The third-order valence-corrected chi connectivity index (χ3v) is 7.48. The Hall–Kier alpha value is -0.460. The molecule has 0 spiro atoms. The van der Waals surface area contributed by atoms with Gasteiger partial charge in [0.1, 0.15) is 38.8 Å². The highest BCUT2D eigenvalue weighted by molar-refractivity contribution is 7.99. The zero-order valence-corrected chi connectivity index (χ0v) is 19.3. The summed E-state index contributed by atoms with van der Waals surface area (Å²) in [6.45, 7) is 8.90. The number of hydrogen-bond acceptors (Lipinski definition) is 2. The first-order valence-corrected chi connectivity index (χ1v) is 11.5. The highest BCUT2D eigenvalue weighted by Gasteiger charge is 2.29. The minimum Gasteiger partial charge on any atom is -0.379 e. The SMILES string of the molecule is COCC[NH+]1CC[NH+]([C@H](C)c2cc(Cl)ccc2Sc2ccc(Cl)c(Cl)c2)CC1. The number of halogens is 3. The van der Waals surface area contributed by atoms with Crippen molar-refractivity contribution in [2.45, 2.75) is 22.8 Å². The molecule has 28 heavy (non-hydrogen) atoms. The van der Waals surface area contributed by atoms with Gasteiger partial charge in [0.05, 0.1) is 16.7 Å². The molecule has 0 amide bonds. The summed E-state index contributed by atoms with van der Waals surface area (Å²) in [5, 5.41) is 1.94. The molecule has 0 aliphatic carbocycles. The summed E-state index contributed by atoms with van der Waals surface area (Å²) < 4.78 is 5.23. The van der Waals surface area contributed by atoms with E-state index in [-0.39, 0.29) is 0 Å². The minimum atomic E-state index is 0.382. The predicted octanol–water partition coefficient (Wildman–Crippen LogP) is 3.29. The van der Waals surface area contributed by atoms with E-state index in [1.54, 1.807) is 28.7 Å². The van der Waals surface area contributed by atoms with Gasteiger partial charge in [-0.15, -0.1) is 0 Å². The van der Waals surface area contributed by atoms with Crippen molar-refractivity contribution in [1.29, 1.82) is 0 Å². The Labute approximate surface area is 186 Å². The van der Waals surface area contributed by atoms with Crippen LogP contribution >= 0.6 is 46.6 Å². The molecule has 152 valence electrons. The molecule has 1 fully saturated rings. The number of benzene rings is 2. The van der Waals surface area contributed by atoms with Gasteiger partial charge >= 0.3 is 0 Å². The zero-order chi connectivity index (χ0) is 20.1. The lowest BCUT2D eigenvalue weighted by molar-refractivity contribution is -1.03. The highest BCUT2D eigenvalue weighted by atomic mass is 35.5. The number of ether oxygens (including phenoxy) is 1. The first-order chi connectivity index (χ1) is 13.5. The van der Waals surface area contributed by atoms with Crippen LogP contribution in [0.1, 0.15) is 18.5 Å². The summed E-state index contributed by atoms with van der Waals surface area (Å²) in [5.41, 5.74) is 1.29. The molecule has 1 atom stereocenters. The number of rotatable bonds is 7. The molecule has 1 saturated heterocycles. The lowest BCUT2D eigenvalue weighted by Crippen LogP contribution is -3.28. The maximum atomic E-state index is 6.35. The van der Waals surface area contributed by atoms with Crippen LogP contribution in [0.3, 0.4) is 0 Å². The molecule has 7 heteroatoms. The average molecular weight is 462 g/mol. The summed E-state index contributed by atoms with van der Waals surface area (Å²) in [6.07, 6.45) is 0. The van der Waals surface area contributed by atoms with Gasteiger partial charge in [-0.2, -0.15) is 0 Å². The molecule has 1 aliphatic rings. The van der Waals surface area contributed by atoms with Gasteiger partial charge in [-0.25, -0.2) is 0 Å². The Morgan fingerprint density at radius 2 is 1.75 bits per heavy atom. The molecular formula is C21H27Cl3N2OS+2. The molecule has 2 aromatic rings. The van der Waals surface area contributed by atoms with Crippen LogP contribution in [0.15, 0.2) is 46.2 Å². The largest absolute Gasteiger partial charge is 0.379 e. The lowest BCUT2D eigenvalue weighted by atomic mass is 10.1. The normalized spacial score (nSPS) is 20.9. The van der Waals surface area contributed by atoms with Crippen LogP contribution in [-0.4, -0.2) is 46.4 Å². The van der Waals surface area contributed by atoms with Gasteiger partial charge in [0.2, 0.25) is 0 Å². The second-order valence-corrected chi connectivity index (χ2v) is 9.60. The summed E-state index contributed by atoms with van der Waals surface area (Å²) in [7, 11) is 1.77. The molecule has 0 unspecified atom stereocenters. The average Bonchev–Trinajstić information content (AvgIpc) is 2.70. The molecule has 3 nitrogen and oxygen atoms in total. The van der Waals surface area contributed by atoms with Crippen molar-refractivity contribution in [3.63, 3.8) is 0 Å². The maximum Gasteiger partial charge on any atom is 0.127 e. The number of hydrogen-bond donors (Lipinski definition) is 2. The monoisotopic (exact) mass is 460 g/mol. The van der Waals surface area contributed by atoms with E-state index in [9.17, 15) is 0 Å². The molecule has 3 rings (SSSR count). The van der Waals surface area contributed by atoms with Crippen molar-refractivity contribution in [3.8, 4) is 0 Å². The van der Waals surface area contributed by atoms with E-state index in [2.05, 4.69) is 19.1 Å². The summed E-state index contributed by atoms with van der Waals surface area (Å²) in [5.74, 6) is 0. The Balaban J connectivity index is 1.74. The van der Waals surface area contributed by atoms with Crippen LogP contribution < -0.4 is 9.80 Å². The van der Waals surface area contributed by atoms with Gasteiger partial charge in [0, 0.05) is 27.5 Å². The van der Waals surface area contributed by atoms with E-state index in [0.29, 0.717) is 16.1 Å². The van der Waals surface area contributed by atoms with E-state index >= 15 is 0 Å². The Morgan fingerprint density at radius 3 is 2.43 bits per heavy atom. The lowest BCUT2D eigenvalue weighted by Gasteiger charge is -2.34. The van der Waals surface area contributed by atoms with Crippen LogP contribution in [0.2, 0.25) is 15.1 Å². The molecule has 1 heterocycles. The Kier molecular flexibility index (Phi) is 8.36. The van der Waals surface area contributed by atoms with E-state index in [4.69, 9.17) is 39.5 Å². The third kappa shape index (κ3) is 5.79. The topological polar surface area (TPSA) is 18.1 Å². The van der Waals surface area contributed by atoms with Gasteiger partial charge in [-0.3, -0.25) is 0 Å². The van der Waals surface area contributed by atoms with Crippen molar-refractivity contribution in [2.24, 2.45) is 0 Å². The fourth-order valence-electron chi connectivity index (χ4n) is 3.69. The quantitative estimate of drug-likeness (QED) is 0.659. The van der Waals surface area contributed by atoms with E-state index in [1.165, 1.54) is 23.5 Å². The van der Waals surface area contributed by atoms with Crippen LogP contribution in [-0.2, 0) is 4.74 Å². The standard InChI is InChI=1S/C21H25Cl3N2OS/c1-15(26-9-7-25(8-10-26)11-12-27-2)18-13-16(22)3-6-21(18)28-17-4-5-19(23)20(24)14-17/h3-6,13-15H,7-12H2,1-2H3/p+2/t15-/m1/s1. The number of quaternary nitrogens is 2. The molecule has 2 N–H and O–H groups in total. The fraction of sp³-hybridized carbons (Fsp3) is 0.429. The maximum absolute atomic E-state index is 6.35. The predicted molar refractivity (Wildman–Crippen MR) is 119 cm³/mol. The van der Waals surface area contributed by atoms with Crippen molar-refractivity contribution < 1.29 is 14.5 Å². The van der Waals surface area contributed by atoms with E-state index < -0.39 is 0 Å². The molecule has 1 aliphatic heterocycles. The first kappa shape index (κ1) is 22.2. The number of methoxy groups -OCH3 is 1. The van der Waals surface area contributed by atoms with E-state index in [1.807, 2.05) is 24.3 Å². The molecular weight excluding hydrogens is 435 g/mol. The molecule has 0 aromatic heterocycles. The molecule has 0 saturated carbocycles. The van der Waals surface area contributed by atoms with Crippen molar-refractivity contribution in [2.75, 3.05) is 46.4 Å². The van der Waals surface area contributed by atoms with Gasteiger partial charge in [0.15, 0.2) is 0 Å². The van der Waals surface area contributed by atoms with Crippen molar-refractivity contribution in [3.05, 3.63) is 57.0 Å². The van der Waals surface area contributed by atoms with Gasteiger partial charge < -0.3 is 14.5 Å². The van der Waals surface area contributed by atoms with Crippen LogP contribution in [0.5, 0.6) is 0 Å². The smallest absolute Gasteiger partial charge is 0.127 e. The number of piperazine rings is 1. The summed E-state index contributed by atoms with van der Waals surface area (Å²) in [6, 6.07) is 12.3. The molecule has 0 radical (unpaired) electrons. The van der Waals surface area contributed by atoms with Crippen molar-refractivity contribution in [1.82, 2.24) is 0 Å². The second-order valence-electron chi connectivity index (χ2n) is 7.23. The third-order valence-electron chi connectivity index (χ3n) is 5.43. The summed E-state index contributed by atoms with van der Waals surface area (Å²) >= 11 is 20.3. The molecule has 0 bridgehead atoms. The van der Waals surface area contributed by atoms with Gasteiger partial charge in [0.25, 0.3) is 0 Å². The summed E-state index contributed by atoms with van der Waals surface area (Å²) in [4.78, 5) is 5.54. The minimum absolute atomic E-state index is 0.382. The van der Waals surface area contributed by atoms with Crippen LogP contribution in [0.25, 0.3) is 0 Å². The number of nitrogens with one attached hydrogen (secondary N) is 2. The van der Waals surface area contributed by atoms with Crippen molar-refractivity contribution >= 4 is 46.6 Å². The van der Waals surface area contributed by atoms with Crippen LogP contribution in [0, 0.1) is 0 Å². The van der Waals surface area contributed by atoms with Crippen LogP contribution in [0.4, 0.5) is 0 Å². The molecule has 2 aromatic carbocycles. The Bertz CT molecular complexity index is 797. The fourth-order valence-corrected chi connectivity index (χ4v) is 5.29. The highest BCUT2D eigenvalue weighted by Crippen LogP contribution is 2.36. The van der Waals surface area contributed by atoms with Gasteiger partial charge in [-0.1, -0.05) is 46.6 Å². The van der Waals surface area contributed by atoms with Gasteiger partial charge in [-0.05, 0) is 43.3 Å². The first-order valence-electron chi connectivity index (χ1n) is 9.57.